The Morgan fingerprint density at radius 1 is 1.35 bits per heavy atom. The molecule has 0 bridgehead atoms. The zero-order valence-electron chi connectivity index (χ0n) is 13.4. The first-order valence-corrected chi connectivity index (χ1v) is 8.35. The molecule has 1 aliphatic heterocycles. The number of ether oxygens (including phenoxy) is 2. The summed E-state index contributed by atoms with van der Waals surface area (Å²) in [7, 11) is 1.51. The Morgan fingerprint density at radius 3 is 2.57 bits per heavy atom. The van der Waals surface area contributed by atoms with E-state index in [-0.39, 0.29) is 17.2 Å². The van der Waals surface area contributed by atoms with Gasteiger partial charge >= 0.3 is 0 Å². The largest absolute Gasteiger partial charge is 0.491 e. The molecule has 1 fully saturated rings. The summed E-state index contributed by atoms with van der Waals surface area (Å²) in [6, 6.07) is 3.23. The van der Waals surface area contributed by atoms with Crippen molar-refractivity contribution in [1.29, 1.82) is 0 Å². The number of halogens is 1. The summed E-state index contributed by atoms with van der Waals surface area (Å²) < 4.78 is 10.7. The topological polar surface area (TPSA) is 55.8 Å². The van der Waals surface area contributed by atoms with Crippen LogP contribution in [0.2, 0.25) is 5.02 Å². The van der Waals surface area contributed by atoms with Crippen molar-refractivity contribution in [3.63, 3.8) is 0 Å². The smallest absolute Gasteiger partial charge is 0.293 e. The van der Waals surface area contributed by atoms with E-state index in [1.54, 1.807) is 32.1 Å². The molecule has 23 heavy (non-hydrogen) atoms. The number of methoxy groups -OCH3 is 1. The fraction of sp³-hybridized carbons (Fsp3) is 0.375. The van der Waals surface area contributed by atoms with Gasteiger partial charge in [-0.05, 0) is 56.3 Å². The number of rotatable bonds is 5. The van der Waals surface area contributed by atoms with Crippen LogP contribution in [0.3, 0.4) is 0 Å². The van der Waals surface area contributed by atoms with Crippen LogP contribution in [0.15, 0.2) is 17.0 Å². The molecule has 1 saturated heterocycles. The third-order valence-corrected chi connectivity index (χ3v) is 4.34. The van der Waals surface area contributed by atoms with Crippen LogP contribution in [0.5, 0.6) is 11.5 Å². The van der Waals surface area contributed by atoms with Crippen LogP contribution in [-0.2, 0) is 4.79 Å². The van der Waals surface area contributed by atoms with Crippen LogP contribution in [0, 0.1) is 0 Å². The second-order valence-corrected chi connectivity index (χ2v) is 6.51. The summed E-state index contributed by atoms with van der Waals surface area (Å²) in [5.74, 6) is 0.651. The zero-order valence-corrected chi connectivity index (χ0v) is 15.0. The van der Waals surface area contributed by atoms with E-state index in [1.165, 1.54) is 12.0 Å². The minimum Gasteiger partial charge on any atom is -0.491 e. The molecule has 0 aliphatic carbocycles. The maximum Gasteiger partial charge on any atom is 0.293 e. The van der Waals surface area contributed by atoms with E-state index in [0.29, 0.717) is 33.6 Å². The number of hydrogen-bond donors (Lipinski definition) is 0. The lowest BCUT2D eigenvalue weighted by atomic mass is 10.1. The van der Waals surface area contributed by atoms with Gasteiger partial charge in [-0.2, -0.15) is 0 Å². The van der Waals surface area contributed by atoms with Gasteiger partial charge in [-0.25, -0.2) is 0 Å². The highest BCUT2D eigenvalue weighted by Crippen LogP contribution is 2.39. The van der Waals surface area contributed by atoms with Crippen LogP contribution < -0.4 is 9.47 Å². The number of benzene rings is 1. The number of carbonyl (C=O) groups excluding carboxylic acids is 2. The molecule has 7 heteroatoms. The molecule has 1 aromatic carbocycles. The van der Waals surface area contributed by atoms with Gasteiger partial charge in [0.05, 0.1) is 23.6 Å². The Labute approximate surface area is 144 Å². The van der Waals surface area contributed by atoms with Crippen molar-refractivity contribution >= 4 is 40.6 Å². The van der Waals surface area contributed by atoms with Crippen LogP contribution in [0.4, 0.5) is 4.79 Å². The molecule has 0 N–H and O–H groups in total. The monoisotopic (exact) mass is 355 g/mol. The first-order chi connectivity index (χ1) is 10.9. The van der Waals surface area contributed by atoms with Crippen LogP contribution >= 0.6 is 23.4 Å². The van der Waals surface area contributed by atoms with Crippen molar-refractivity contribution in [3.8, 4) is 11.5 Å². The van der Waals surface area contributed by atoms with Crippen LogP contribution in [0.1, 0.15) is 26.3 Å². The summed E-state index contributed by atoms with van der Waals surface area (Å²) in [5, 5.41) is 0.119. The number of hydrogen-bond acceptors (Lipinski definition) is 5. The molecule has 0 spiro atoms. The summed E-state index contributed by atoms with van der Waals surface area (Å²) >= 11 is 7.12. The molecule has 2 amide bonds. The van der Waals surface area contributed by atoms with Gasteiger partial charge in [0.25, 0.3) is 11.1 Å². The Bertz CT molecular complexity index is 672. The van der Waals surface area contributed by atoms with Gasteiger partial charge in [-0.1, -0.05) is 11.6 Å². The van der Waals surface area contributed by atoms with Crippen molar-refractivity contribution in [1.82, 2.24) is 4.90 Å². The van der Waals surface area contributed by atoms with Crippen molar-refractivity contribution in [2.75, 3.05) is 13.7 Å². The molecule has 0 radical (unpaired) electrons. The number of nitrogens with zero attached hydrogens (tertiary/aromatic N) is 1. The Morgan fingerprint density at radius 2 is 2.04 bits per heavy atom. The zero-order chi connectivity index (χ0) is 17.1. The lowest BCUT2D eigenvalue weighted by Crippen LogP contribution is -2.34. The van der Waals surface area contributed by atoms with Gasteiger partial charge in [0.1, 0.15) is 0 Å². The maximum absolute atomic E-state index is 12.3. The molecule has 0 aromatic heterocycles. The molecule has 5 nitrogen and oxygen atoms in total. The minimum atomic E-state index is -0.292. The van der Waals surface area contributed by atoms with E-state index in [4.69, 9.17) is 21.1 Å². The fourth-order valence-corrected chi connectivity index (χ4v) is 3.47. The molecule has 0 unspecified atom stereocenters. The van der Waals surface area contributed by atoms with Gasteiger partial charge in [0.15, 0.2) is 11.5 Å². The highest BCUT2D eigenvalue weighted by Gasteiger charge is 2.36. The van der Waals surface area contributed by atoms with Crippen LogP contribution in [0.25, 0.3) is 6.08 Å². The first kappa shape index (κ1) is 17.7. The Balaban J connectivity index is 2.40. The fourth-order valence-electron chi connectivity index (χ4n) is 2.21. The van der Waals surface area contributed by atoms with E-state index < -0.39 is 0 Å². The molecule has 1 heterocycles. The average Bonchev–Trinajstić information content (AvgIpc) is 2.73. The number of imide groups is 1. The van der Waals surface area contributed by atoms with Gasteiger partial charge in [0.2, 0.25) is 0 Å². The van der Waals surface area contributed by atoms with Crippen molar-refractivity contribution in [3.05, 3.63) is 27.6 Å². The first-order valence-electron chi connectivity index (χ1n) is 7.16. The van der Waals surface area contributed by atoms with E-state index in [2.05, 4.69) is 0 Å². The van der Waals surface area contributed by atoms with Gasteiger partial charge in [0, 0.05) is 6.04 Å². The third kappa shape index (κ3) is 3.64. The highest BCUT2D eigenvalue weighted by atomic mass is 35.5. The number of thioether (sulfide) groups is 1. The molecular formula is C16H18ClNO4S. The predicted molar refractivity (Wildman–Crippen MR) is 92.1 cm³/mol. The van der Waals surface area contributed by atoms with Gasteiger partial charge in [-0.3, -0.25) is 14.5 Å². The Kier molecular flexibility index (Phi) is 5.59. The molecule has 1 aliphatic rings. The SMILES string of the molecule is CCOc1cc(/C=C2/SC(=O)N(C(C)C)C2=O)cc(Cl)c1OC. The lowest BCUT2D eigenvalue weighted by Gasteiger charge is -2.16. The second-order valence-electron chi connectivity index (χ2n) is 5.11. The van der Waals surface area contributed by atoms with Crippen molar-refractivity contribution in [2.24, 2.45) is 0 Å². The molecule has 1 aromatic rings. The van der Waals surface area contributed by atoms with Crippen molar-refractivity contribution in [2.45, 2.75) is 26.8 Å². The van der Waals surface area contributed by atoms with Gasteiger partial charge < -0.3 is 9.47 Å². The lowest BCUT2D eigenvalue weighted by molar-refractivity contribution is -0.123. The van der Waals surface area contributed by atoms with Gasteiger partial charge in [-0.15, -0.1) is 0 Å². The standard InChI is InChI=1S/C16H18ClNO4S/c1-5-22-12-7-10(6-11(17)14(12)21-4)8-13-15(19)18(9(2)3)16(20)23-13/h6-9H,5H2,1-4H3/b13-8+. The Hall–Kier alpha value is -1.66. The van der Waals surface area contributed by atoms with E-state index >= 15 is 0 Å². The molecule has 2 rings (SSSR count). The normalized spacial score (nSPS) is 16.6. The summed E-state index contributed by atoms with van der Waals surface area (Å²) in [4.78, 5) is 25.8. The predicted octanol–water partition coefficient (Wildman–Crippen LogP) is 4.19. The molecule has 0 atom stereocenters. The van der Waals surface area contributed by atoms with E-state index in [0.717, 1.165) is 11.8 Å². The van der Waals surface area contributed by atoms with Crippen LogP contribution in [-0.4, -0.2) is 35.8 Å². The summed E-state index contributed by atoms with van der Waals surface area (Å²) in [6.07, 6.45) is 1.64. The molecule has 124 valence electrons. The summed E-state index contributed by atoms with van der Waals surface area (Å²) in [5.41, 5.74) is 0.675. The van der Waals surface area contributed by atoms with E-state index in [1.807, 2.05) is 6.92 Å². The molecule has 0 saturated carbocycles. The minimum absolute atomic E-state index is 0.174. The summed E-state index contributed by atoms with van der Waals surface area (Å²) in [6.45, 7) is 5.92. The molecular weight excluding hydrogens is 338 g/mol. The second kappa shape index (κ2) is 7.27. The number of amides is 2. The highest BCUT2D eigenvalue weighted by molar-refractivity contribution is 8.18. The average molecular weight is 356 g/mol. The number of carbonyl (C=O) groups is 2. The maximum atomic E-state index is 12.3. The quantitative estimate of drug-likeness (QED) is 0.741. The van der Waals surface area contributed by atoms with Crippen molar-refractivity contribution < 1.29 is 19.1 Å². The van der Waals surface area contributed by atoms with E-state index in [9.17, 15) is 9.59 Å². The third-order valence-electron chi connectivity index (χ3n) is 3.17.